The van der Waals surface area contributed by atoms with E-state index in [1.165, 1.54) is 6.20 Å². The van der Waals surface area contributed by atoms with Gasteiger partial charge in [-0.15, -0.1) is 0 Å². The van der Waals surface area contributed by atoms with Crippen molar-refractivity contribution in [1.82, 2.24) is 9.71 Å². The normalized spacial score (nSPS) is 10.8. The van der Waals surface area contributed by atoms with Gasteiger partial charge in [0.25, 0.3) is 5.56 Å². The minimum Gasteiger partial charge on any atom is -0.428 e. The lowest BCUT2D eigenvalue weighted by atomic mass is 10.1. The van der Waals surface area contributed by atoms with Crippen molar-refractivity contribution in [1.29, 1.82) is 0 Å². The van der Waals surface area contributed by atoms with Gasteiger partial charge in [-0.3, -0.25) is 4.79 Å². The second-order valence-electron chi connectivity index (χ2n) is 4.46. The van der Waals surface area contributed by atoms with Crippen molar-refractivity contribution < 1.29 is 5.21 Å². The summed E-state index contributed by atoms with van der Waals surface area (Å²) in [5.41, 5.74) is 3.08. The van der Waals surface area contributed by atoms with Crippen LogP contribution in [0.4, 0.5) is 0 Å². The van der Waals surface area contributed by atoms with E-state index in [9.17, 15) is 10.0 Å². The largest absolute Gasteiger partial charge is 0.428 e. The summed E-state index contributed by atoms with van der Waals surface area (Å²) in [6.07, 6.45) is 1.49. The van der Waals surface area contributed by atoms with Gasteiger partial charge >= 0.3 is 0 Å². The van der Waals surface area contributed by atoms with Crippen LogP contribution in [0.2, 0.25) is 0 Å². The van der Waals surface area contributed by atoms with Gasteiger partial charge in [0.1, 0.15) is 0 Å². The molecule has 1 aromatic rings. The molecule has 94 valence electrons. The Morgan fingerprint density at radius 2 is 1.89 bits per heavy atom. The predicted molar refractivity (Wildman–Crippen MR) is 72.5 cm³/mol. The van der Waals surface area contributed by atoms with Crippen LogP contribution >= 0.6 is 0 Å². The van der Waals surface area contributed by atoms with Crippen molar-refractivity contribution in [3.63, 3.8) is 0 Å². The predicted octanol–water partition coefficient (Wildman–Crippen LogP) is 2.56. The fourth-order valence-electron chi connectivity index (χ4n) is 2.04. The third kappa shape index (κ3) is 1.97. The summed E-state index contributed by atoms with van der Waals surface area (Å²) in [5.74, 6) is 0. The first kappa shape index (κ1) is 11.5. The van der Waals surface area contributed by atoms with Crippen molar-refractivity contribution in [3.8, 4) is 22.5 Å². The molecule has 4 heteroatoms. The number of fused-ring (bicyclic) bond motifs is 1. The van der Waals surface area contributed by atoms with Crippen molar-refractivity contribution in [2.45, 2.75) is 6.92 Å². The lowest BCUT2D eigenvalue weighted by molar-refractivity contribution is 0.189. The van der Waals surface area contributed by atoms with Crippen LogP contribution in [0.15, 0.2) is 53.5 Å². The maximum absolute atomic E-state index is 12.0. The number of nitrogens with zero attached hydrogens (tertiary/aromatic N) is 2. The molecule has 4 nitrogen and oxygen atoms in total. The Hall–Kier alpha value is -2.62. The minimum atomic E-state index is -0.337. The number of pyridine rings is 2. The second-order valence-corrected chi connectivity index (χ2v) is 4.46. The van der Waals surface area contributed by atoms with Crippen LogP contribution < -0.4 is 5.56 Å². The summed E-state index contributed by atoms with van der Waals surface area (Å²) in [6, 6.07) is 12.7. The molecular weight excluding hydrogens is 240 g/mol. The highest BCUT2D eigenvalue weighted by Gasteiger charge is 2.13. The second kappa shape index (κ2) is 4.24. The zero-order chi connectivity index (χ0) is 13.4. The van der Waals surface area contributed by atoms with Crippen molar-refractivity contribution in [3.05, 3.63) is 64.6 Å². The Morgan fingerprint density at radius 1 is 1.16 bits per heavy atom. The fraction of sp³-hybridized carbons (Fsp3) is 0.0667. The smallest absolute Gasteiger partial charge is 0.279 e. The molecule has 0 bridgehead atoms. The summed E-state index contributed by atoms with van der Waals surface area (Å²) >= 11 is 0. The summed E-state index contributed by atoms with van der Waals surface area (Å²) in [4.78, 5) is 16.0. The third-order valence-electron chi connectivity index (χ3n) is 3.09. The highest BCUT2D eigenvalue weighted by atomic mass is 16.5. The molecule has 3 rings (SSSR count). The van der Waals surface area contributed by atoms with Gasteiger partial charge < -0.3 is 5.21 Å². The van der Waals surface area contributed by atoms with Crippen LogP contribution in [0, 0.1) is 6.92 Å². The number of hydrogen-bond donors (Lipinski definition) is 1. The molecule has 0 unspecified atom stereocenters. The van der Waals surface area contributed by atoms with Gasteiger partial charge in [0, 0.05) is 11.8 Å². The molecule has 0 fully saturated rings. The van der Waals surface area contributed by atoms with Crippen molar-refractivity contribution in [2.75, 3.05) is 0 Å². The molecule has 0 atom stereocenters. The first-order valence-electron chi connectivity index (χ1n) is 5.94. The van der Waals surface area contributed by atoms with Crippen LogP contribution in [0.3, 0.4) is 0 Å². The van der Waals surface area contributed by atoms with Crippen LogP contribution in [-0.2, 0) is 0 Å². The molecule has 2 aliphatic heterocycles. The van der Waals surface area contributed by atoms with Gasteiger partial charge in [-0.2, -0.15) is 4.73 Å². The highest BCUT2D eigenvalue weighted by molar-refractivity contribution is 5.69. The zero-order valence-corrected chi connectivity index (χ0v) is 10.4. The molecule has 19 heavy (non-hydrogen) atoms. The minimum absolute atomic E-state index is 0.337. The Kier molecular flexibility index (Phi) is 2.56. The van der Waals surface area contributed by atoms with E-state index in [0.717, 1.165) is 15.9 Å². The quantitative estimate of drug-likeness (QED) is 0.677. The van der Waals surface area contributed by atoms with Gasteiger partial charge in [0.05, 0.1) is 17.0 Å². The average Bonchev–Trinajstić information content (AvgIpc) is 2.41. The van der Waals surface area contributed by atoms with E-state index in [1.807, 2.05) is 31.2 Å². The monoisotopic (exact) mass is 252 g/mol. The molecule has 1 N–H and O–H groups in total. The molecule has 0 aromatic heterocycles. The summed E-state index contributed by atoms with van der Waals surface area (Å²) in [6.45, 7) is 2.00. The van der Waals surface area contributed by atoms with E-state index >= 15 is 0 Å². The molecule has 2 heterocycles. The van der Waals surface area contributed by atoms with Crippen LogP contribution in [0.1, 0.15) is 5.56 Å². The average molecular weight is 252 g/mol. The van der Waals surface area contributed by atoms with Crippen LogP contribution in [-0.4, -0.2) is 14.9 Å². The highest BCUT2D eigenvalue weighted by Crippen LogP contribution is 2.23. The SMILES string of the molecule is Cc1ccc(-c2cc3n(O)cccc-3c(=O)n2)cc1. The van der Waals surface area contributed by atoms with E-state index in [4.69, 9.17) is 0 Å². The molecule has 0 saturated heterocycles. The zero-order valence-electron chi connectivity index (χ0n) is 10.4. The molecule has 1 aromatic carbocycles. The Bertz CT molecular complexity index is 760. The molecule has 0 saturated carbocycles. The van der Waals surface area contributed by atoms with Crippen LogP contribution in [0.5, 0.6) is 0 Å². The van der Waals surface area contributed by atoms with E-state index in [1.54, 1.807) is 18.2 Å². The first-order chi connectivity index (χ1) is 9.15. The van der Waals surface area contributed by atoms with E-state index in [-0.39, 0.29) is 5.56 Å². The molecule has 0 aliphatic carbocycles. The van der Waals surface area contributed by atoms with Gasteiger partial charge in [-0.25, -0.2) is 4.98 Å². The number of hydrogen-bond acceptors (Lipinski definition) is 3. The Labute approximate surface area is 109 Å². The summed E-state index contributed by atoms with van der Waals surface area (Å²) in [5, 5.41) is 9.76. The Balaban J connectivity index is 2.26. The molecule has 0 radical (unpaired) electrons. The number of aromatic nitrogens is 2. The van der Waals surface area contributed by atoms with E-state index in [0.29, 0.717) is 17.0 Å². The lowest BCUT2D eigenvalue weighted by Gasteiger charge is -2.10. The van der Waals surface area contributed by atoms with Gasteiger partial charge in [-0.1, -0.05) is 29.8 Å². The van der Waals surface area contributed by atoms with Gasteiger partial charge in [-0.05, 0) is 25.1 Å². The molecule has 2 aliphatic rings. The third-order valence-corrected chi connectivity index (χ3v) is 3.09. The Morgan fingerprint density at radius 3 is 2.63 bits per heavy atom. The molecular formula is C15H12N2O2. The van der Waals surface area contributed by atoms with Crippen molar-refractivity contribution in [2.24, 2.45) is 0 Å². The maximum Gasteiger partial charge on any atom is 0.279 e. The summed E-state index contributed by atoms with van der Waals surface area (Å²) in [7, 11) is 0. The fourth-order valence-corrected chi connectivity index (χ4v) is 2.04. The van der Waals surface area contributed by atoms with Gasteiger partial charge in [0.2, 0.25) is 0 Å². The molecule has 0 amide bonds. The number of benzene rings is 1. The van der Waals surface area contributed by atoms with Gasteiger partial charge in [0.15, 0.2) is 0 Å². The number of rotatable bonds is 1. The van der Waals surface area contributed by atoms with E-state index in [2.05, 4.69) is 4.98 Å². The summed E-state index contributed by atoms with van der Waals surface area (Å²) < 4.78 is 0.941. The van der Waals surface area contributed by atoms with E-state index < -0.39 is 0 Å². The van der Waals surface area contributed by atoms with Crippen molar-refractivity contribution >= 4 is 0 Å². The lowest BCUT2D eigenvalue weighted by Crippen LogP contribution is -2.14. The van der Waals surface area contributed by atoms with Crippen LogP contribution in [0.25, 0.3) is 22.5 Å². The topological polar surface area (TPSA) is 55.1 Å². The molecule has 0 spiro atoms. The maximum atomic E-state index is 12.0. The standard InChI is InChI=1S/C15H12N2O2/c1-10-4-6-11(7-5-10)13-9-14-12(15(18)16-13)3-2-8-17(14)19/h2-9,19H,1H3. The number of aryl methyl sites for hydroxylation is 1. The first-order valence-corrected chi connectivity index (χ1v) is 5.94.